The molecule has 0 fully saturated rings. The van der Waals surface area contributed by atoms with Crippen LogP contribution in [0, 0.1) is 0 Å². The van der Waals surface area contributed by atoms with Crippen molar-refractivity contribution in [3.05, 3.63) is 54.7 Å². The van der Waals surface area contributed by atoms with Crippen molar-refractivity contribution < 1.29 is 14.0 Å². The smallest absolute Gasteiger partial charge is 0.267 e. The highest BCUT2D eigenvalue weighted by Gasteiger charge is 2.18. The summed E-state index contributed by atoms with van der Waals surface area (Å²) in [5.74, 6) is 2.19. The van der Waals surface area contributed by atoms with E-state index in [-0.39, 0.29) is 0 Å². The third-order valence-electron chi connectivity index (χ3n) is 4.15. The number of aromatic nitrogens is 4. The number of ether oxygens (including phenoxy) is 2. The van der Waals surface area contributed by atoms with Crippen LogP contribution in [0.3, 0.4) is 0 Å². The average molecular weight is 350 g/mol. The molecule has 132 valence electrons. The number of methoxy groups -OCH3 is 1. The van der Waals surface area contributed by atoms with Gasteiger partial charge in [-0.25, -0.2) is 4.98 Å². The van der Waals surface area contributed by atoms with Crippen LogP contribution in [0.1, 0.15) is 18.9 Å². The van der Waals surface area contributed by atoms with Crippen LogP contribution in [0.5, 0.6) is 11.5 Å². The first-order valence-electron chi connectivity index (χ1n) is 8.20. The Morgan fingerprint density at radius 1 is 1.12 bits per heavy atom. The van der Waals surface area contributed by atoms with E-state index in [2.05, 4.69) is 15.1 Å². The van der Waals surface area contributed by atoms with Crippen molar-refractivity contribution in [3.8, 4) is 22.9 Å². The monoisotopic (exact) mass is 350 g/mol. The molecule has 0 spiro atoms. The van der Waals surface area contributed by atoms with Gasteiger partial charge in [0, 0.05) is 12.6 Å². The van der Waals surface area contributed by atoms with E-state index in [0.717, 1.165) is 16.6 Å². The molecule has 0 bridgehead atoms. The summed E-state index contributed by atoms with van der Waals surface area (Å²) < 4.78 is 18.6. The predicted octanol–water partition coefficient (Wildman–Crippen LogP) is 3.77. The summed E-state index contributed by atoms with van der Waals surface area (Å²) >= 11 is 0. The normalized spacial score (nSPS) is 12.3. The first-order valence-corrected chi connectivity index (χ1v) is 8.20. The highest BCUT2D eigenvalue weighted by atomic mass is 16.5. The third-order valence-corrected chi connectivity index (χ3v) is 4.15. The van der Waals surface area contributed by atoms with Gasteiger partial charge in [0.15, 0.2) is 17.6 Å². The maximum absolute atomic E-state index is 5.91. The molecule has 0 amide bonds. The van der Waals surface area contributed by atoms with Gasteiger partial charge in [-0.3, -0.25) is 0 Å². The molecule has 0 radical (unpaired) electrons. The Hall–Kier alpha value is -3.35. The quantitative estimate of drug-likeness (QED) is 0.545. The highest BCUT2D eigenvalue weighted by molar-refractivity contribution is 5.80. The molecule has 1 unspecified atom stereocenters. The Kier molecular flexibility index (Phi) is 4.04. The van der Waals surface area contributed by atoms with Crippen molar-refractivity contribution in [2.75, 3.05) is 7.11 Å². The molecule has 4 aromatic rings. The van der Waals surface area contributed by atoms with Crippen molar-refractivity contribution in [1.29, 1.82) is 0 Å². The summed E-state index contributed by atoms with van der Waals surface area (Å²) in [5, 5.41) is 4.09. The van der Waals surface area contributed by atoms with Crippen LogP contribution in [0.25, 0.3) is 22.4 Å². The van der Waals surface area contributed by atoms with Gasteiger partial charge >= 0.3 is 0 Å². The highest BCUT2D eigenvalue weighted by Crippen LogP contribution is 2.31. The molecule has 2 aromatic heterocycles. The van der Waals surface area contributed by atoms with Gasteiger partial charge in [-0.15, -0.1) is 0 Å². The molecule has 26 heavy (non-hydrogen) atoms. The lowest BCUT2D eigenvalue weighted by Gasteiger charge is -2.13. The van der Waals surface area contributed by atoms with E-state index in [9.17, 15) is 0 Å². The van der Waals surface area contributed by atoms with Gasteiger partial charge in [0.2, 0.25) is 5.82 Å². The number of nitrogens with zero attached hydrogens (tertiary/aromatic N) is 4. The summed E-state index contributed by atoms with van der Waals surface area (Å²) in [7, 11) is 3.55. The molecular formula is C19H18N4O3. The number of rotatable bonds is 5. The topological polar surface area (TPSA) is 75.2 Å². The number of hydrogen-bond acceptors (Lipinski definition) is 6. The Morgan fingerprint density at radius 3 is 2.73 bits per heavy atom. The van der Waals surface area contributed by atoms with Gasteiger partial charge in [0.25, 0.3) is 5.89 Å². The summed E-state index contributed by atoms with van der Waals surface area (Å²) in [4.78, 5) is 8.80. The summed E-state index contributed by atoms with van der Waals surface area (Å²) in [6, 6.07) is 13.3. The minimum Gasteiger partial charge on any atom is -0.493 e. The molecule has 0 saturated carbocycles. The fraction of sp³-hybridized carbons (Fsp3) is 0.211. The maximum atomic E-state index is 5.91. The first-order chi connectivity index (χ1) is 12.7. The lowest BCUT2D eigenvalue weighted by molar-refractivity contribution is 0.169. The molecule has 1 atom stereocenters. The maximum Gasteiger partial charge on any atom is 0.267 e. The van der Waals surface area contributed by atoms with E-state index >= 15 is 0 Å². The Balaban J connectivity index is 1.59. The van der Waals surface area contributed by atoms with Crippen molar-refractivity contribution in [3.63, 3.8) is 0 Å². The first kappa shape index (κ1) is 16.1. The van der Waals surface area contributed by atoms with Crippen LogP contribution < -0.4 is 9.47 Å². The van der Waals surface area contributed by atoms with Crippen molar-refractivity contribution in [2.24, 2.45) is 7.05 Å². The lowest BCUT2D eigenvalue weighted by Crippen LogP contribution is -2.04. The fourth-order valence-corrected chi connectivity index (χ4v) is 2.74. The largest absolute Gasteiger partial charge is 0.493 e. The number of aryl methyl sites for hydroxylation is 1. The number of hydrogen-bond donors (Lipinski definition) is 0. The molecular weight excluding hydrogens is 332 g/mol. The van der Waals surface area contributed by atoms with Gasteiger partial charge in [-0.05, 0) is 37.3 Å². The number of para-hydroxylation sites is 2. The minimum atomic E-state index is -0.409. The van der Waals surface area contributed by atoms with Gasteiger partial charge in [0.05, 0.1) is 24.5 Å². The van der Waals surface area contributed by atoms with Gasteiger partial charge in [0.1, 0.15) is 0 Å². The predicted molar refractivity (Wildman–Crippen MR) is 96.0 cm³/mol. The van der Waals surface area contributed by atoms with Crippen LogP contribution in [0.4, 0.5) is 0 Å². The van der Waals surface area contributed by atoms with Crippen LogP contribution in [-0.2, 0) is 7.05 Å². The summed E-state index contributed by atoms with van der Waals surface area (Å²) in [6.45, 7) is 1.86. The van der Waals surface area contributed by atoms with E-state index in [1.807, 2.05) is 61.0 Å². The SMILES string of the molecule is COc1ccccc1OC(C)c1nc(-c2ccc3ncn(C)c3c2)no1. The second-order valence-electron chi connectivity index (χ2n) is 5.93. The Labute approximate surface area is 150 Å². The lowest BCUT2D eigenvalue weighted by atomic mass is 10.2. The van der Waals surface area contributed by atoms with Crippen molar-refractivity contribution in [1.82, 2.24) is 19.7 Å². The molecule has 2 heterocycles. The molecule has 2 aromatic carbocycles. The van der Waals surface area contributed by atoms with E-state index in [0.29, 0.717) is 23.2 Å². The van der Waals surface area contributed by atoms with E-state index in [1.165, 1.54) is 0 Å². The Bertz CT molecular complexity index is 1050. The molecule has 0 saturated heterocycles. The molecule has 7 heteroatoms. The molecule has 0 aliphatic heterocycles. The molecule has 0 aliphatic carbocycles. The summed E-state index contributed by atoms with van der Waals surface area (Å²) in [6.07, 6.45) is 1.37. The molecule has 0 N–H and O–H groups in total. The van der Waals surface area contributed by atoms with Crippen LogP contribution in [0.15, 0.2) is 53.3 Å². The molecule has 7 nitrogen and oxygen atoms in total. The Morgan fingerprint density at radius 2 is 1.92 bits per heavy atom. The molecule has 4 rings (SSSR count). The van der Waals surface area contributed by atoms with Gasteiger partial charge < -0.3 is 18.6 Å². The number of benzene rings is 2. The van der Waals surface area contributed by atoms with Crippen LogP contribution in [0.2, 0.25) is 0 Å². The van der Waals surface area contributed by atoms with E-state index < -0.39 is 6.10 Å². The number of imidazole rings is 1. The third kappa shape index (κ3) is 2.88. The van der Waals surface area contributed by atoms with Crippen LogP contribution in [-0.4, -0.2) is 26.8 Å². The van der Waals surface area contributed by atoms with Crippen molar-refractivity contribution >= 4 is 11.0 Å². The van der Waals surface area contributed by atoms with Gasteiger partial charge in [-0.1, -0.05) is 17.3 Å². The average Bonchev–Trinajstić information content (AvgIpc) is 3.29. The summed E-state index contributed by atoms with van der Waals surface area (Å²) in [5.41, 5.74) is 2.79. The fourth-order valence-electron chi connectivity index (χ4n) is 2.74. The second-order valence-corrected chi connectivity index (χ2v) is 5.93. The van der Waals surface area contributed by atoms with Gasteiger partial charge in [-0.2, -0.15) is 4.98 Å². The second kappa shape index (κ2) is 6.51. The minimum absolute atomic E-state index is 0.399. The molecule has 0 aliphatic rings. The van der Waals surface area contributed by atoms with Crippen molar-refractivity contribution in [2.45, 2.75) is 13.0 Å². The van der Waals surface area contributed by atoms with E-state index in [4.69, 9.17) is 14.0 Å². The zero-order valence-corrected chi connectivity index (χ0v) is 14.7. The zero-order valence-electron chi connectivity index (χ0n) is 14.7. The van der Waals surface area contributed by atoms with Crippen LogP contribution >= 0.6 is 0 Å². The zero-order chi connectivity index (χ0) is 18.1. The number of fused-ring (bicyclic) bond motifs is 1. The van der Waals surface area contributed by atoms with E-state index in [1.54, 1.807) is 13.4 Å². The standard InChI is InChI=1S/C19H18N4O3/c1-12(25-17-7-5-4-6-16(17)24-3)19-21-18(22-26-19)13-8-9-14-15(10-13)23(2)11-20-14/h4-12H,1-3H3.